The molecular weight excluding hydrogens is 320 g/mol. The SMILES string of the molecule is Cc1nn(C(CC(N)=NO)c2ccccc2)c(C)c1Br. The van der Waals surface area contributed by atoms with Gasteiger partial charge in [0, 0.05) is 6.42 Å². The molecular formula is C14H17BrN4O. The van der Waals surface area contributed by atoms with E-state index in [2.05, 4.69) is 26.2 Å². The third-order valence-electron chi connectivity index (χ3n) is 3.25. The van der Waals surface area contributed by atoms with Gasteiger partial charge in [0.2, 0.25) is 0 Å². The van der Waals surface area contributed by atoms with Gasteiger partial charge in [-0.3, -0.25) is 4.68 Å². The Hall–Kier alpha value is -1.82. The summed E-state index contributed by atoms with van der Waals surface area (Å²) in [5, 5.41) is 16.5. The van der Waals surface area contributed by atoms with Crippen LogP contribution in [0.25, 0.3) is 0 Å². The number of halogens is 1. The highest BCUT2D eigenvalue weighted by Crippen LogP contribution is 2.28. The largest absolute Gasteiger partial charge is 0.409 e. The van der Waals surface area contributed by atoms with E-state index < -0.39 is 0 Å². The Kier molecular flexibility index (Phi) is 4.44. The van der Waals surface area contributed by atoms with E-state index in [9.17, 15) is 0 Å². The van der Waals surface area contributed by atoms with Crippen LogP contribution in [0.1, 0.15) is 29.4 Å². The summed E-state index contributed by atoms with van der Waals surface area (Å²) in [6.45, 7) is 3.94. The van der Waals surface area contributed by atoms with Crippen molar-refractivity contribution in [3.05, 3.63) is 51.8 Å². The molecule has 1 atom stereocenters. The minimum Gasteiger partial charge on any atom is -0.409 e. The third-order valence-corrected chi connectivity index (χ3v) is 4.39. The molecule has 1 heterocycles. The summed E-state index contributed by atoms with van der Waals surface area (Å²) in [6.07, 6.45) is 0.398. The lowest BCUT2D eigenvalue weighted by atomic mass is 10.0. The Morgan fingerprint density at radius 1 is 1.40 bits per heavy atom. The highest BCUT2D eigenvalue weighted by molar-refractivity contribution is 9.10. The van der Waals surface area contributed by atoms with E-state index in [-0.39, 0.29) is 11.9 Å². The van der Waals surface area contributed by atoms with Crippen LogP contribution in [0.2, 0.25) is 0 Å². The van der Waals surface area contributed by atoms with E-state index in [0.29, 0.717) is 6.42 Å². The number of hydrogen-bond acceptors (Lipinski definition) is 3. The van der Waals surface area contributed by atoms with Crippen LogP contribution in [0.3, 0.4) is 0 Å². The smallest absolute Gasteiger partial charge is 0.141 e. The van der Waals surface area contributed by atoms with E-state index >= 15 is 0 Å². The van der Waals surface area contributed by atoms with E-state index in [4.69, 9.17) is 10.9 Å². The average Bonchev–Trinajstić information content (AvgIpc) is 2.73. The lowest BCUT2D eigenvalue weighted by Crippen LogP contribution is -2.22. The number of nitrogens with two attached hydrogens (primary N) is 1. The maximum Gasteiger partial charge on any atom is 0.141 e. The molecule has 0 saturated heterocycles. The fourth-order valence-corrected chi connectivity index (χ4v) is 2.47. The first-order chi connectivity index (χ1) is 9.54. The molecule has 106 valence electrons. The van der Waals surface area contributed by atoms with Gasteiger partial charge in [-0.05, 0) is 35.3 Å². The van der Waals surface area contributed by atoms with Crippen LogP contribution in [-0.2, 0) is 0 Å². The number of hydrogen-bond donors (Lipinski definition) is 2. The van der Waals surface area contributed by atoms with E-state index in [1.54, 1.807) is 0 Å². The predicted molar refractivity (Wildman–Crippen MR) is 82.0 cm³/mol. The minimum absolute atomic E-state index is 0.0999. The van der Waals surface area contributed by atoms with Gasteiger partial charge in [0.25, 0.3) is 0 Å². The summed E-state index contributed by atoms with van der Waals surface area (Å²) in [6, 6.07) is 9.82. The molecule has 0 radical (unpaired) electrons. The number of nitrogens with zero attached hydrogens (tertiary/aromatic N) is 3. The maximum absolute atomic E-state index is 8.83. The summed E-state index contributed by atoms with van der Waals surface area (Å²) >= 11 is 3.53. The van der Waals surface area contributed by atoms with Crippen LogP contribution in [0, 0.1) is 13.8 Å². The van der Waals surface area contributed by atoms with Gasteiger partial charge in [-0.2, -0.15) is 5.10 Å². The van der Waals surface area contributed by atoms with Gasteiger partial charge in [0.1, 0.15) is 5.84 Å². The van der Waals surface area contributed by atoms with Crippen molar-refractivity contribution in [2.24, 2.45) is 10.9 Å². The standard InChI is InChI=1S/C14H17BrN4O/c1-9-14(15)10(2)19(17-9)12(8-13(16)18-20)11-6-4-3-5-7-11/h3-7,12,20H,8H2,1-2H3,(H2,16,18). The zero-order chi connectivity index (χ0) is 14.7. The van der Waals surface area contributed by atoms with Crippen LogP contribution in [0.15, 0.2) is 40.0 Å². The molecule has 1 aromatic carbocycles. The summed E-state index contributed by atoms with van der Waals surface area (Å²) < 4.78 is 2.89. The number of rotatable bonds is 4. The Morgan fingerprint density at radius 3 is 2.55 bits per heavy atom. The quantitative estimate of drug-likeness (QED) is 0.390. The Balaban J connectivity index is 2.49. The first-order valence-corrected chi connectivity index (χ1v) is 7.06. The summed E-state index contributed by atoms with van der Waals surface area (Å²) in [7, 11) is 0. The molecule has 3 N–H and O–H groups in total. The molecule has 2 rings (SSSR count). The van der Waals surface area contributed by atoms with Crippen LogP contribution >= 0.6 is 15.9 Å². The first-order valence-electron chi connectivity index (χ1n) is 6.27. The number of aryl methyl sites for hydroxylation is 1. The molecule has 2 aromatic rings. The van der Waals surface area contributed by atoms with Crippen LogP contribution in [0.4, 0.5) is 0 Å². The predicted octanol–water partition coefficient (Wildman–Crippen LogP) is 2.99. The molecule has 0 bridgehead atoms. The van der Waals surface area contributed by atoms with Gasteiger partial charge >= 0.3 is 0 Å². The Labute approximate surface area is 126 Å². The second-order valence-electron chi connectivity index (χ2n) is 4.65. The zero-order valence-electron chi connectivity index (χ0n) is 11.4. The van der Waals surface area contributed by atoms with Gasteiger partial charge in [0.15, 0.2) is 0 Å². The van der Waals surface area contributed by atoms with Crippen LogP contribution in [-0.4, -0.2) is 20.8 Å². The highest BCUT2D eigenvalue weighted by atomic mass is 79.9. The summed E-state index contributed by atoms with van der Waals surface area (Å²) in [4.78, 5) is 0. The van der Waals surface area contributed by atoms with Gasteiger partial charge in [-0.15, -0.1) is 0 Å². The molecule has 6 heteroatoms. The van der Waals surface area contributed by atoms with Crippen molar-refractivity contribution in [2.45, 2.75) is 26.3 Å². The van der Waals surface area contributed by atoms with Crippen LogP contribution < -0.4 is 5.73 Å². The van der Waals surface area contributed by atoms with E-state index in [1.165, 1.54) is 0 Å². The number of benzene rings is 1. The lowest BCUT2D eigenvalue weighted by molar-refractivity contribution is 0.315. The minimum atomic E-state index is -0.0999. The lowest BCUT2D eigenvalue weighted by Gasteiger charge is -2.19. The molecule has 1 aromatic heterocycles. The zero-order valence-corrected chi connectivity index (χ0v) is 13.0. The summed E-state index contributed by atoms with van der Waals surface area (Å²) in [5.41, 5.74) is 8.69. The molecule has 0 aliphatic carbocycles. The van der Waals surface area contributed by atoms with Crippen molar-refractivity contribution in [1.29, 1.82) is 0 Å². The van der Waals surface area contributed by atoms with Crippen molar-refractivity contribution in [3.8, 4) is 0 Å². The Morgan fingerprint density at radius 2 is 2.05 bits per heavy atom. The van der Waals surface area contributed by atoms with Crippen molar-refractivity contribution in [1.82, 2.24) is 9.78 Å². The second-order valence-corrected chi connectivity index (χ2v) is 5.44. The number of oxime groups is 1. The number of amidine groups is 1. The Bertz CT molecular complexity index is 622. The van der Waals surface area contributed by atoms with E-state index in [1.807, 2.05) is 48.9 Å². The van der Waals surface area contributed by atoms with Gasteiger partial charge in [-0.25, -0.2) is 0 Å². The van der Waals surface area contributed by atoms with Gasteiger partial charge in [0.05, 0.1) is 21.9 Å². The van der Waals surface area contributed by atoms with Gasteiger partial charge in [-0.1, -0.05) is 35.5 Å². The van der Waals surface area contributed by atoms with Crippen molar-refractivity contribution in [3.63, 3.8) is 0 Å². The fraction of sp³-hybridized carbons (Fsp3) is 0.286. The number of aromatic nitrogens is 2. The molecule has 1 unspecified atom stereocenters. The van der Waals surface area contributed by atoms with Crippen molar-refractivity contribution >= 4 is 21.8 Å². The molecule has 0 fully saturated rings. The average molecular weight is 337 g/mol. The molecule has 5 nitrogen and oxygen atoms in total. The highest BCUT2D eigenvalue weighted by Gasteiger charge is 2.20. The maximum atomic E-state index is 8.83. The molecule has 0 aliphatic rings. The van der Waals surface area contributed by atoms with Gasteiger partial charge < -0.3 is 10.9 Å². The summed E-state index contributed by atoms with van der Waals surface area (Å²) in [5.74, 6) is 0.183. The molecule has 0 spiro atoms. The molecule has 0 amide bonds. The molecule has 20 heavy (non-hydrogen) atoms. The third kappa shape index (κ3) is 2.85. The molecule has 0 saturated carbocycles. The first kappa shape index (κ1) is 14.6. The van der Waals surface area contributed by atoms with Crippen LogP contribution in [0.5, 0.6) is 0 Å². The molecule has 0 aliphatic heterocycles. The second kappa shape index (κ2) is 6.09. The van der Waals surface area contributed by atoms with Crippen molar-refractivity contribution in [2.75, 3.05) is 0 Å². The monoisotopic (exact) mass is 336 g/mol. The van der Waals surface area contributed by atoms with Crippen molar-refractivity contribution < 1.29 is 5.21 Å². The normalized spacial score (nSPS) is 13.4. The fourth-order valence-electron chi connectivity index (χ4n) is 2.21. The topological polar surface area (TPSA) is 76.4 Å². The van der Waals surface area contributed by atoms with E-state index in [0.717, 1.165) is 21.4 Å².